The summed E-state index contributed by atoms with van der Waals surface area (Å²) in [6.45, 7) is 7.56. The number of pyridine rings is 1. The molecule has 0 saturated carbocycles. The Morgan fingerprint density at radius 2 is 1.86 bits per heavy atom. The van der Waals surface area contributed by atoms with E-state index < -0.39 is 0 Å². The first kappa shape index (κ1) is 15.6. The molecule has 21 heavy (non-hydrogen) atoms. The van der Waals surface area contributed by atoms with Crippen LogP contribution in [0.1, 0.15) is 13.8 Å². The van der Waals surface area contributed by atoms with E-state index >= 15 is 0 Å². The van der Waals surface area contributed by atoms with Crippen LogP contribution in [0.25, 0.3) is 10.8 Å². The summed E-state index contributed by atoms with van der Waals surface area (Å²) in [5.74, 6) is 0.608. The number of benzene rings is 1. The second kappa shape index (κ2) is 6.76. The molecule has 4 nitrogen and oxygen atoms in total. The lowest BCUT2D eigenvalue weighted by atomic mass is 10.1. The summed E-state index contributed by atoms with van der Waals surface area (Å²) in [5.41, 5.74) is 8.13. The van der Waals surface area contributed by atoms with Gasteiger partial charge in [0.15, 0.2) is 0 Å². The van der Waals surface area contributed by atoms with Gasteiger partial charge >= 0.3 is 0 Å². The van der Waals surface area contributed by atoms with Crippen LogP contribution in [0.15, 0.2) is 30.6 Å². The minimum absolute atomic E-state index is 0.608. The third-order valence-corrected chi connectivity index (χ3v) is 3.57. The largest absolute Gasteiger partial charge is 0.398 e. The van der Waals surface area contributed by atoms with Crippen molar-refractivity contribution in [2.45, 2.75) is 13.8 Å². The van der Waals surface area contributed by atoms with Crippen molar-refractivity contribution in [3.05, 3.63) is 30.6 Å². The SMILES string of the molecule is CC(C)CN(CCN(C)C)c1ccc(N)c2ccncc12. The molecule has 0 unspecified atom stereocenters. The van der Waals surface area contributed by atoms with Crippen LogP contribution in [-0.4, -0.2) is 43.6 Å². The molecule has 4 heteroatoms. The van der Waals surface area contributed by atoms with Crippen molar-refractivity contribution in [3.8, 4) is 0 Å². The minimum Gasteiger partial charge on any atom is -0.398 e. The molecule has 0 aliphatic rings. The summed E-state index contributed by atoms with van der Waals surface area (Å²) in [6.07, 6.45) is 3.72. The molecule has 0 atom stereocenters. The zero-order valence-corrected chi connectivity index (χ0v) is 13.5. The maximum Gasteiger partial charge on any atom is 0.0463 e. The van der Waals surface area contributed by atoms with Crippen LogP contribution in [0.3, 0.4) is 0 Å². The first-order valence-electron chi connectivity index (χ1n) is 7.51. The Balaban J connectivity index is 2.41. The van der Waals surface area contributed by atoms with Gasteiger partial charge in [0, 0.05) is 54.2 Å². The van der Waals surface area contributed by atoms with E-state index in [0.717, 1.165) is 36.1 Å². The fraction of sp³-hybridized carbons (Fsp3) is 0.471. The van der Waals surface area contributed by atoms with E-state index in [0.29, 0.717) is 5.92 Å². The Hall–Kier alpha value is -1.81. The quantitative estimate of drug-likeness (QED) is 0.829. The Morgan fingerprint density at radius 3 is 2.52 bits per heavy atom. The Bertz CT molecular complexity index is 592. The number of anilines is 2. The molecule has 0 aliphatic heterocycles. The van der Waals surface area contributed by atoms with Crippen molar-refractivity contribution in [1.29, 1.82) is 0 Å². The number of fused-ring (bicyclic) bond motifs is 1. The van der Waals surface area contributed by atoms with E-state index in [4.69, 9.17) is 5.73 Å². The lowest BCUT2D eigenvalue weighted by Crippen LogP contribution is -2.34. The van der Waals surface area contributed by atoms with Crippen LogP contribution >= 0.6 is 0 Å². The smallest absolute Gasteiger partial charge is 0.0463 e. The average molecular weight is 286 g/mol. The highest BCUT2D eigenvalue weighted by Gasteiger charge is 2.13. The normalized spacial score (nSPS) is 11.5. The van der Waals surface area contributed by atoms with Gasteiger partial charge in [0.05, 0.1) is 0 Å². The Morgan fingerprint density at radius 1 is 1.10 bits per heavy atom. The molecule has 2 rings (SSSR count). The molecular weight excluding hydrogens is 260 g/mol. The van der Waals surface area contributed by atoms with E-state index in [2.05, 4.69) is 48.8 Å². The molecule has 0 amide bonds. The van der Waals surface area contributed by atoms with Crippen LogP contribution in [0.4, 0.5) is 11.4 Å². The maximum atomic E-state index is 6.09. The molecule has 2 aromatic rings. The molecule has 114 valence electrons. The maximum absolute atomic E-state index is 6.09. The lowest BCUT2D eigenvalue weighted by molar-refractivity contribution is 0.409. The zero-order valence-electron chi connectivity index (χ0n) is 13.5. The number of nitrogen functional groups attached to an aromatic ring is 1. The molecule has 1 heterocycles. The first-order valence-corrected chi connectivity index (χ1v) is 7.51. The van der Waals surface area contributed by atoms with Crippen LogP contribution in [0.5, 0.6) is 0 Å². The van der Waals surface area contributed by atoms with Crippen molar-refractivity contribution in [2.75, 3.05) is 44.4 Å². The van der Waals surface area contributed by atoms with Gasteiger partial charge in [-0.1, -0.05) is 13.8 Å². The van der Waals surface area contributed by atoms with E-state index in [9.17, 15) is 0 Å². The van der Waals surface area contributed by atoms with E-state index in [-0.39, 0.29) is 0 Å². The third kappa shape index (κ3) is 3.85. The highest BCUT2D eigenvalue weighted by Crippen LogP contribution is 2.30. The van der Waals surface area contributed by atoms with E-state index in [1.807, 2.05) is 18.3 Å². The second-order valence-corrected chi connectivity index (χ2v) is 6.24. The number of hydrogen-bond acceptors (Lipinski definition) is 4. The van der Waals surface area contributed by atoms with Crippen molar-refractivity contribution < 1.29 is 0 Å². The predicted molar refractivity (Wildman–Crippen MR) is 91.8 cm³/mol. The fourth-order valence-corrected chi connectivity index (χ4v) is 2.55. The molecule has 0 bridgehead atoms. The van der Waals surface area contributed by atoms with E-state index in [1.165, 1.54) is 5.69 Å². The summed E-state index contributed by atoms with van der Waals surface area (Å²) in [7, 11) is 4.21. The molecule has 0 fully saturated rings. The van der Waals surface area contributed by atoms with Gasteiger partial charge in [0.25, 0.3) is 0 Å². The van der Waals surface area contributed by atoms with Crippen LogP contribution < -0.4 is 10.6 Å². The Labute approximate surface area is 127 Å². The van der Waals surface area contributed by atoms with Crippen molar-refractivity contribution in [3.63, 3.8) is 0 Å². The molecule has 0 aliphatic carbocycles. The highest BCUT2D eigenvalue weighted by molar-refractivity contribution is 6.00. The summed E-state index contributed by atoms with van der Waals surface area (Å²) >= 11 is 0. The van der Waals surface area contributed by atoms with Crippen LogP contribution in [0, 0.1) is 5.92 Å². The summed E-state index contributed by atoms with van der Waals surface area (Å²) in [5, 5.41) is 2.22. The van der Waals surface area contributed by atoms with Gasteiger partial charge in [-0.15, -0.1) is 0 Å². The molecule has 2 N–H and O–H groups in total. The van der Waals surface area contributed by atoms with Gasteiger partial charge in [0.2, 0.25) is 0 Å². The van der Waals surface area contributed by atoms with Crippen molar-refractivity contribution in [2.24, 2.45) is 5.92 Å². The predicted octanol–water partition coefficient (Wildman–Crippen LogP) is 2.84. The summed E-state index contributed by atoms with van der Waals surface area (Å²) in [6, 6.07) is 6.12. The number of nitrogens with two attached hydrogens (primary N) is 1. The van der Waals surface area contributed by atoms with Gasteiger partial charge < -0.3 is 15.5 Å². The number of aromatic nitrogens is 1. The fourth-order valence-electron chi connectivity index (χ4n) is 2.55. The standard InChI is InChI=1S/C17H26N4/c1-13(2)12-21(10-9-20(3)4)17-6-5-16(18)14-7-8-19-11-15(14)17/h5-8,11,13H,9-10,12,18H2,1-4H3. The topological polar surface area (TPSA) is 45.4 Å². The number of hydrogen-bond donors (Lipinski definition) is 1. The van der Waals surface area contributed by atoms with Gasteiger partial charge in [0.1, 0.15) is 0 Å². The summed E-state index contributed by atoms with van der Waals surface area (Å²) in [4.78, 5) is 8.93. The van der Waals surface area contributed by atoms with Crippen molar-refractivity contribution in [1.82, 2.24) is 9.88 Å². The van der Waals surface area contributed by atoms with Gasteiger partial charge in [-0.3, -0.25) is 4.98 Å². The monoisotopic (exact) mass is 286 g/mol. The number of rotatable bonds is 6. The molecule has 0 spiro atoms. The van der Waals surface area contributed by atoms with Crippen molar-refractivity contribution >= 4 is 22.1 Å². The number of likely N-dealkylation sites (N-methyl/N-ethyl adjacent to an activating group) is 1. The Kier molecular flexibility index (Phi) is 5.02. The van der Waals surface area contributed by atoms with E-state index in [1.54, 1.807) is 6.20 Å². The third-order valence-electron chi connectivity index (χ3n) is 3.57. The second-order valence-electron chi connectivity index (χ2n) is 6.24. The highest BCUT2D eigenvalue weighted by atomic mass is 15.2. The summed E-state index contributed by atoms with van der Waals surface area (Å²) < 4.78 is 0. The lowest BCUT2D eigenvalue weighted by Gasteiger charge is -2.29. The minimum atomic E-state index is 0.608. The molecule has 0 radical (unpaired) electrons. The van der Waals surface area contributed by atoms with Gasteiger partial charge in [-0.25, -0.2) is 0 Å². The van der Waals surface area contributed by atoms with Crippen LogP contribution in [-0.2, 0) is 0 Å². The zero-order chi connectivity index (χ0) is 15.4. The molecular formula is C17H26N4. The molecule has 1 aromatic carbocycles. The van der Waals surface area contributed by atoms with Crippen LogP contribution in [0.2, 0.25) is 0 Å². The van der Waals surface area contributed by atoms with Gasteiger partial charge in [-0.05, 0) is 38.2 Å². The molecule has 0 saturated heterocycles. The van der Waals surface area contributed by atoms with Gasteiger partial charge in [-0.2, -0.15) is 0 Å². The average Bonchev–Trinajstić information content (AvgIpc) is 2.44. The molecule has 1 aromatic heterocycles. The first-order chi connectivity index (χ1) is 9.99. The number of nitrogens with zero attached hydrogens (tertiary/aromatic N) is 3.